The molecule has 0 saturated heterocycles. The molecule has 0 heterocycles. The van der Waals surface area contributed by atoms with Gasteiger partial charge in [0, 0.05) is 6.07 Å². The van der Waals surface area contributed by atoms with Gasteiger partial charge in [-0.05, 0) is 12.1 Å². The minimum absolute atomic E-state index is 0.181. The first-order chi connectivity index (χ1) is 7.54. The van der Waals surface area contributed by atoms with Crippen LogP contribution in [0.5, 0.6) is 5.75 Å². The fraction of sp³-hybridized carbons (Fsp3) is 0.300. The summed E-state index contributed by atoms with van der Waals surface area (Å²) in [7, 11) is 0. The highest BCUT2D eigenvalue weighted by Gasteiger charge is 2.13. The molecule has 1 atom stereocenters. The second-order valence-electron chi connectivity index (χ2n) is 3.09. The maximum Gasteiger partial charge on any atom is 0.339 e. The van der Waals surface area contributed by atoms with Gasteiger partial charge in [-0.3, -0.25) is 0 Å². The Bertz CT molecular complexity index is 379. The Labute approximate surface area is 90.7 Å². The molecule has 0 aromatic heterocycles. The molecule has 1 aromatic carbocycles. The van der Waals surface area contributed by atoms with Crippen LogP contribution in [0.2, 0.25) is 0 Å². The SMILES string of the molecule is O=C(O)c1ccc(F)cc1OCC(O)CO. The maximum atomic E-state index is 12.8. The van der Waals surface area contributed by atoms with Gasteiger partial charge in [0.15, 0.2) is 0 Å². The van der Waals surface area contributed by atoms with Gasteiger partial charge in [0.1, 0.15) is 29.8 Å². The van der Waals surface area contributed by atoms with Gasteiger partial charge in [0.25, 0.3) is 0 Å². The van der Waals surface area contributed by atoms with Crippen molar-refractivity contribution in [2.45, 2.75) is 6.10 Å². The van der Waals surface area contributed by atoms with E-state index in [1.807, 2.05) is 0 Å². The minimum Gasteiger partial charge on any atom is -0.490 e. The lowest BCUT2D eigenvalue weighted by Crippen LogP contribution is -2.22. The van der Waals surface area contributed by atoms with Crippen molar-refractivity contribution in [1.82, 2.24) is 0 Å². The molecule has 16 heavy (non-hydrogen) atoms. The molecule has 0 fully saturated rings. The van der Waals surface area contributed by atoms with Gasteiger partial charge in [-0.2, -0.15) is 0 Å². The highest BCUT2D eigenvalue weighted by Crippen LogP contribution is 2.20. The molecule has 1 rings (SSSR count). The van der Waals surface area contributed by atoms with E-state index in [1.165, 1.54) is 0 Å². The molecule has 0 bridgehead atoms. The van der Waals surface area contributed by atoms with Crippen LogP contribution in [-0.2, 0) is 0 Å². The number of carbonyl (C=O) groups is 1. The van der Waals surface area contributed by atoms with Crippen molar-refractivity contribution >= 4 is 5.97 Å². The number of aromatic carboxylic acids is 1. The van der Waals surface area contributed by atoms with Gasteiger partial charge in [-0.25, -0.2) is 9.18 Å². The maximum absolute atomic E-state index is 12.8. The number of hydrogen-bond acceptors (Lipinski definition) is 4. The third-order valence-corrected chi connectivity index (χ3v) is 1.82. The van der Waals surface area contributed by atoms with Crippen LogP contribution in [0.1, 0.15) is 10.4 Å². The van der Waals surface area contributed by atoms with Crippen LogP contribution < -0.4 is 4.74 Å². The van der Waals surface area contributed by atoms with E-state index in [1.54, 1.807) is 0 Å². The Hall–Kier alpha value is -1.66. The standard InChI is InChI=1S/C10H11FO5/c11-6-1-2-8(10(14)15)9(3-6)16-5-7(13)4-12/h1-3,7,12-13H,4-5H2,(H,14,15). The van der Waals surface area contributed by atoms with Crippen molar-refractivity contribution in [2.24, 2.45) is 0 Å². The van der Waals surface area contributed by atoms with E-state index < -0.39 is 24.5 Å². The van der Waals surface area contributed by atoms with Crippen molar-refractivity contribution in [2.75, 3.05) is 13.2 Å². The smallest absolute Gasteiger partial charge is 0.339 e. The number of aliphatic hydroxyl groups is 2. The Kier molecular flexibility index (Phi) is 4.21. The summed E-state index contributed by atoms with van der Waals surface area (Å²) in [5.41, 5.74) is -0.202. The first-order valence-electron chi connectivity index (χ1n) is 4.49. The molecule has 1 aromatic rings. The summed E-state index contributed by atoms with van der Waals surface area (Å²) in [5, 5.41) is 26.3. The van der Waals surface area contributed by atoms with E-state index in [-0.39, 0.29) is 17.9 Å². The van der Waals surface area contributed by atoms with Crippen LogP contribution in [0, 0.1) is 5.82 Å². The van der Waals surface area contributed by atoms with E-state index in [0.29, 0.717) is 0 Å². The Morgan fingerprint density at radius 3 is 2.75 bits per heavy atom. The predicted molar refractivity (Wildman–Crippen MR) is 51.9 cm³/mol. The second-order valence-corrected chi connectivity index (χ2v) is 3.09. The van der Waals surface area contributed by atoms with Gasteiger partial charge in [0.2, 0.25) is 0 Å². The van der Waals surface area contributed by atoms with Crippen LogP contribution >= 0.6 is 0 Å². The molecule has 0 aliphatic carbocycles. The van der Waals surface area contributed by atoms with Crippen LogP contribution in [0.4, 0.5) is 4.39 Å². The van der Waals surface area contributed by atoms with Crippen molar-refractivity contribution < 1.29 is 29.2 Å². The number of benzene rings is 1. The predicted octanol–water partition coefficient (Wildman–Crippen LogP) is 0.256. The first kappa shape index (κ1) is 12.4. The van der Waals surface area contributed by atoms with E-state index >= 15 is 0 Å². The number of rotatable bonds is 5. The third kappa shape index (κ3) is 3.18. The number of halogens is 1. The summed E-state index contributed by atoms with van der Waals surface area (Å²) >= 11 is 0. The van der Waals surface area contributed by atoms with E-state index in [0.717, 1.165) is 18.2 Å². The quantitative estimate of drug-likeness (QED) is 0.675. The molecule has 0 radical (unpaired) electrons. The molecule has 0 amide bonds. The minimum atomic E-state index is -1.26. The van der Waals surface area contributed by atoms with Gasteiger partial charge >= 0.3 is 5.97 Å². The van der Waals surface area contributed by atoms with Gasteiger partial charge in [-0.15, -0.1) is 0 Å². The van der Waals surface area contributed by atoms with Crippen LogP contribution in [0.3, 0.4) is 0 Å². The third-order valence-electron chi connectivity index (χ3n) is 1.82. The van der Waals surface area contributed by atoms with Gasteiger partial charge in [0.05, 0.1) is 6.61 Å². The summed E-state index contributed by atoms with van der Waals surface area (Å²) < 4.78 is 17.7. The Morgan fingerprint density at radius 2 is 2.19 bits per heavy atom. The zero-order valence-electron chi connectivity index (χ0n) is 8.26. The van der Waals surface area contributed by atoms with Gasteiger partial charge < -0.3 is 20.1 Å². The average Bonchev–Trinajstić information content (AvgIpc) is 2.25. The number of ether oxygens (including phenoxy) is 1. The van der Waals surface area contributed by atoms with Crippen molar-refractivity contribution in [3.05, 3.63) is 29.6 Å². The van der Waals surface area contributed by atoms with E-state index in [9.17, 15) is 9.18 Å². The summed E-state index contributed by atoms with van der Waals surface area (Å²) in [5.74, 6) is -2.08. The lowest BCUT2D eigenvalue weighted by atomic mass is 10.2. The zero-order valence-corrected chi connectivity index (χ0v) is 8.26. The molecule has 0 aliphatic rings. The summed E-state index contributed by atoms with van der Waals surface area (Å²) in [6, 6.07) is 2.98. The zero-order chi connectivity index (χ0) is 12.1. The molecule has 5 nitrogen and oxygen atoms in total. The number of carboxylic acid groups (broad SMARTS) is 1. The summed E-state index contributed by atoms with van der Waals surface area (Å²) in [6.07, 6.45) is -1.13. The summed E-state index contributed by atoms with van der Waals surface area (Å²) in [4.78, 5) is 10.7. The molecule has 1 unspecified atom stereocenters. The van der Waals surface area contributed by atoms with Crippen molar-refractivity contribution in [3.8, 4) is 5.75 Å². The normalized spacial score (nSPS) is 12.2. The monoisotopic (exact) mass is 230 g/mol. The van der Waals surface area contributed by atoms with Crippen LogP contribution in [0.15, 0.2) is 18.2 Å². The first-order valence-corrected chi connectivity index (χ1v) is 4.49. The Balaban J connectivity index is 2.84. The molecule has 88 valence electrons. The number of hydrogen-bond donors (Lipinski definition) is 3. The largest absolute Gasteiger partial charge is 0.490 e. The second kappa shape index (κ2) is 5.43. The molecule has 6 heteroatoms. The van der Waals surface area contributed by atoms with Crippen LogP contribution in [-0.4, -0.2) is 40.6 Å². The molecule has 0 aliphatic heterocycles. The lowest BCUT2D eigenvalue weighted by molar-refractivity contribution is 0.0518. The number of carboxylic acids is 1. The molecular weight excluding hydrogens is 219 g/mol. The highest BCUT2D eigenvalue weighted by molar-refractivity contribution is 5.90. The molecular formula is C10H11FO5. The van der Waals surface area contributed by atoms with Crippen molar-refractivity contribution in [1.29, 1.82) is 0 Å². The number of aliphatic hydroxyl groups excluding tert-OH is 2. The fourth-order valence-corrected chi connectivity index (χ4v) is 1.03. The lowest BCUT2D eigenvalue weighted by Gasteiger charge is -2.11. The fourth-order valence-electron chi connectivity index (χ4n) is 1.03. The molecule has 0 spiro atoms. The molecule has 3 N–H and O–H groups in total. The topological polar surface area (TPSA) is 87.0 Å². The Morgan fingerprint density at radius 1 is 1.50 bits per heavy atom. The highest BCUT2D eigenvalue weighted by atomic mass is 19.1. The van der Waals surface area contributed by atoms with E-state index in [4.69, 9.17) is 20.1 Å². The molecule has 0 saturated carbocycles. The van der Waals surface area contributed by atoms with Crippen molar-refractivity contribution in [3.63, 3.8) is 0 Å². The summed E-state index contributed by atoms with van der Waals surface area (Å²) in [6.45, 7) is -0.821. The average molecular weight is 230 g/mol. The van der Waals surface area contributed by atoms with E-state index in [2.05, 4.69) is 0 Å². The van der Waals surface area contributed by atoms with Crippen LogP contribution in [0.25, 0.3) is 0 Å². The van der Waals surface area contributed by atoms with Gasteiger partial charge in [-0.1, -0.05) is 0 Å².